The van der Waals surface area contributed by atoms with Crippen LogP contribution in [0.15, 0.2) is 18.2 Å². The first-order chi connectivity index (χ1) is 10.9. The van der Waals surface area contributed by atoms with Crippen molar-refractivity contribution in [3.63, 3.8) is 0 Å². The average Bonchev–Trinajstić information content (AvgIpc) is 2.48. The second-order valence-corrected chi connectivity index (χ2v) is 5.58. The number of hydrogen-bond acceptors (Lipinski definition) is 7. The van der Waals surface area contributed by atoms with E-state index in [0.717, 1.165) is 4.90 Å². The summed E-state index contributed by atoms with van der Waals surface area (Å²) in [6, 6.07) is 3.26. The van der Waals surface area contributed by atoms with Crippen molar-refractivity contribution in [3.05, 3.63) is 39.4 Å². The fourth-order valence-electron chi connectivity index (χ4n) is 3.10. The maximum absolute atomic E-state index is 12.6. The third-order valence-electron chi connectivity index (χ3n) is 4.19. The molecule has 0 aliphatic carbocycles. The van der Waals surface area contributed by atoms with Gasteiger partial charge in [-0.25, -0.2) is 0 Å². The standard InChI is InChI=1S/C14H15N3O6/c18-11-5-4-10(13(20)15-11)16-12(19)6-8-7(14(16)21)2-1-3-9(8)17(22)23/h1-3,10-11,13,15,18,20H,4-6H2. The first-order valence-electron chi connectivity index (χ1n) is 7.15. The van der Waals surface area contributed by atoms with Gasteiger partial charge in [-0.1, -0.05) is 6.07 Å². The molecule has 0 aromatic heterocycles. The molecule has 3 N–H and O–H groups in total. The van der Waals surface area contributed by atoms with Gasteiger partial charge in [0, 0.05) is 6.07 Å². The highest BCUT2D eigenvalue weighted by Crippen LogP contribution is 2.31. The van der Waals surface area contributed by atoms with Crippen molar-refractivity contribution in [2.24, 2.45) is 0 Å². The van der Waals surface area contributed by atoms with Crippen LogP contribution in [0.1, 0.15) is 28.8 Å². The number of imide groups is 1. The Morgan fingerprint density at radius 1 is 1.26 bits per heavy atom. The van der Waals surface area contributed by atoms with Crippen LogP contribution in [0.2, 0.25) is 0 Å². The molecule has 1 saturated heterocycles. The van der Waals surface area contributed by atoms with Crippen LogP contribution in [0.5, 0.6) is 0 Å². The smallest absolute Gasteiger partial charge is 0.273 e. The maximum Gasteiger partial charge on any atom is 0.273 e. The van der Waals surface area contributed by atoms with Gasteiger partial charge in [-0.15, -0.1) is 0 Å². The summed E-state index contributed by atoms with van der Waals surface area (Å²) < 4.78 is 0. The van der Waals surface area contributed by atoms with E-state index in [-0.39, 0.29) is 36.1 Å². The molecule has 9 heteroatoms. The molecule has 0 spiro atoms. The van der Waals surface area contributed by atoms with Gasteiger partial charge in [0.2, 0.25) is 5.91 Å². The van der Waals surface area contributed by atoms with Crippen LogP contribution in [-0.2, 0) is 11.2 Å². The number of nitro groups is 1. The lowest BCUT2D eigenvalue weighted by Gasteiger charge is -2.40. The van der Waals surface area contributed by atoms with Crippen LogP contribution in [0.3, 0.4) is 0 Å². The molecule has 3 atom stereocenters. The first kappa shape index (κ1) is 15.5. The van der Waals surface area contributed by atoms with Gasteiger partial charge in [-0.2, -0.15) is 0 Å². The molecule has 1 aromatic rings. The van der Waals surface area contributed by atoms with Crippen LogP contribution in [0.4, 0.5) is 5.69 Å². The highest BCUT2D eigenvalue weighted by molar-refractivity contribution is 6.10. The molecule has 0 bridgehead atoms. The van der Waals surface area contributed by atoms with E-state index < -0.39 is 35.2 Å². The van der Waals surface area contributed by atoms with E-state index >= 15 is 0 Å². The minimum atomic E-state index is -1.24. The highest BCUT2D eigenvalue weighted by Gasteiger charge is 2.43. The Bertz CT molecular complexity index is 691. The molecule has 1 fully saturated rings. The lowest BCUT2D eigenvalue weighted by molar-refractivity contribution is -0.385. The lowest BCUT2D eigenvalue weighted by atomic mass is 9.93. The van der Waals surface area contributed by atoms with E-state index in [4.69, 9.17) is 0 Å². The summed E-state index contributed by atoms with van der Waals surface area (Å²) in [6.07, 6.45) is -1.89. The zero-order valence-electron chi connectivity index (χ0n) is 12.0. The zero-order valence-corrected chi connectivity index (χ0v) is 12.0. The van der Waals surface area contributed by atoms with Gasteiger partial charge in [-0.05, 0) is 18.9 Å². The number of benzene rings is 1. The molecule has 0 saturated carbocycles. The molecule has 2 amide bonds. The third-order valence-corrected chi connectivity index (χ3v) is 4.19. The highest BCUT2D eigenvalue weighted by atomic mass is 16.6. The van der Waals surface area contributed by atoms with Gasteiger partial charge in [0.1, 0.15) is 12.5 Å². The summed E-state index contributed by atoms with van der Waals surface area (Å²) in [4.78, 5) is 36.3. The lowest BCUT2D eigenvalue weighted by Crippen LogP contribution is -2.61. The SMILES string of the molecule is O=C1Cc2c(cccc2[N+](=O)[O-])C(=O)N1C1CCC(O)NC1O. The largest absolute Gasteiger partial charge is 0.379 e. The predicted molar refractivity (Wildman–Crippen MR) is 76.1 cm³/mol. The quantitative estimate of drug-likeness (QED) is 0.380. The summed E-state index contributed by atoms with van der Waals surface area (Å²) in [5.74, 6) is -1.26. The molecule has 2 aliphatic heterocycles. The van der Waals surface area contributed by atoms with Gasteiger partial charge >= 0.3 is 0 Å². The Balaban J connectivity index is 1.98. The van der Waals surface area contributed by atoms with Gasteiger partial charge in [0.05, 0.1) is 28.5 Å². The molecule has 1 aromatic carbocycles. The summed E-state index contributed by atoms with van der Waals surface area (Å²) in [5.41, 5.74) is -0.0687. The number of aliphatic hydroxyl groups excluding tert-OH is 2. The molecule has 0 radical (unpaired) electrons. The predicted octanol–water partition coefficient (Wildman–Crippen LogP) is -0.492. The molecule has 23 heavy (non-hydrogen) atoms. The molecule has 9 nitrogen and oxygen atoms in total. The number of amides is 2. The van der Waals surface area contributed by atoms with Crippen LogP contribution in [0.25, 0.3) is 0 Å². The summed E-state index contributed by atoms with van der Waals surface area (Å²) in [5, 5.41) is 33.0. The second kappa shape index (κ2) is 5.69. The number of rotatable bonds is 2. The number of nitrogens with one attached hydrogen (secondary N) is 1. The zero-order chi connectivity index (χ0) is 16.7. The monoisotopic (exact) mass is 321 g/mol. The summed E-state index contributed by atoms with van der Waals surface area (Å²) in [6.45, 7) is 0. The number of nitro benzene ring substituents is 1. The molecule has 3 unspecified atom stereocenters. The van der Waals surface area contributed by atoms with Crippen LogP contribution in [-0.4, -0.2) is 50.3 Å². The minimum Gasteiger partial charge on any atom is -0.379 e. The van der Waals surface area contributed by atoms with Gasteiger partial charge in [0.15, 0.2) is 0 Å². The van der Waals surface area contributed by atoms with E-state index in [0.29, 0.717) is 0 Å². The van der Waals surface area contributed by atoms with Crippen LogP contribution >= 0.6 is 0 Å². The third kappa shape index (κ3) is 2.58. The van der Waals surface area contributed by atoms with Gasteiger partial charge < -0.3 is 10.2 Å². The molecule has 3 rings (SSSR count). The number of fused-ring (bicyclic) bond motifs is 1. The Kier molecular flexibility index (Phi) is 3.84. The first-order valence-corrected chi connectivity index (χ1v) is 7.15. The fourth-order valence-corrected chi connectivity index (χ4v) is 3.10. The van der Waals surface area contributed by atoms with Crippen molar-refractivity contribution in [3.8, 4) is 0 Å². The van der Waals surface area contributed by atoms with Gasteiger partial charge in [0.25, 0.3) is 11.6 Å². The topological polar surface area (TPSA) is 133 Å². The summed E-state index contributed by atoms with van der Waals surface area (Å²) in [7, 11) is 0. The van der Waals surface area contributed by atoms with Crippen molar-refractivity contribution < 1.29 is 24.7 Å². The van der Waals surface area contributed by atoms with E-state index in [2.05, 4.69) is 5.32 Å². The van der Waals surface area contributed by atoms with Crippen molar-refractivity contribution in [1.82, 2.24) is 10.2 Å². The Labute approximate surface area is 130 Å². The Morgan fingerprint density at radius 3 is 2.65 bits per heavy atom. The average molecular weight is 321 g/mol. The van der Waals surface area contributed by atoms with E-state index in [1.807, 2.05) is 0 Å². The molecular weight excluding hydrogens is 306 g/mol. The number of piperidine rings is 1. The number of carbonyl (C=O) groups excluding carboxylic acids is 2. The van der Waals surface area contributed by atoms with E-state index in [1.54, 1.807) is 0 Å². The number of carbonyl (C=O) groups is 2. The normalized spacial score (nSPS) is 27.7. The molecule has 2 aliphatic rings. The van der Waals surface area contributed by atoms with Crippen molar-refractivity contribution >= 4 is 17.5 Å². The van der Waals surface area contributed by atoms with Crippen molar-refractivity contribution in [2.75, 3.05) is 0 Å². The Hall–Kier alpha value is -2.36. The number of hydrogen-bond donors (Lipinski definition) is 3. The minimum absolute atomic E-state index is 0.0946. The van der Waals surface area contributed by atoms with Crippen molar-refractivity contribution in [1.29, 1.82) is 0 Å². The summed E-state index contributed by atoms with van der Waals surface area (Å²) >= 11 is 0. The Morgan fingerprint density at radius 2 is 2.00 bits per heavy atom. The molecular formula is C14H15N3O6. The fraction of sp³-hybridized carbons (Fsp3) is 0.429. The molecule has 2 heterocycles. The van der Waals surface area contributed by atoms with Crippen molar-refractivity contribution in [2.45, 2.75) is 37.8 Å². The number of aliphatic hydroxyl groups is 2. The second-order valence-electron chi connectivity index (χ2n) is 5.58. The van der Waals surface area contributed by atoms with E-state index in [1.165, 1.54) is 18.2 Å². The maximum atomic E-state index is 12.6. The number of nitrogens with zero attached hydrogens (tertiary/aromatic N) is 2. The van der Waals surface area contributed by atoms with Gasteiger partial charge in [-0.3, -0.25) is 29.9 Å². The molecule has 122 valence electrons. The van der Waals surface area contributed by atoms with E-state index in [9.17, 15) is 29.9 Å². The van der Waals surface area contributed by atoms with Crippen LogP contribution in [0, 0.1) is 10.1 Å². The van der Waals surface area contributed by atoms with Crippen LogP contribution < -0.4 is 5.32 Å².